The first-order valence-electron chi connectivity index (χ1n) is 9.00. The number of ether oxygens (including phenoxy) is 3. The summed E-state index contributed by atoms with van der Waals surface area (Å²) in [7, 11) is 3.03. The first kappa shape index (κ1) is 20.7. The van der Waals surface area contributed by atoms with E-state index in [4.69, 9.17) is 9.47 Å². The first-order valence-corrected chi connectivity index (χ1v) is 9.00. The standard InChI is InChI=1S/C19H32O5/c1-15-16(2)19(23-4,24-18(15)21)14-12-10-8-6-5-7-9-11-13-17(20)22-3/h5-14H2,1-4H3. The molecule has 0 spiro atoms. The average Bonchev–Trinajstić information content (AvgIpc) is 2.80. The van der Waals surface area contributed by atoms with Crippen molar-refractivity contribution in [2.45, 2.75) is 83.8 Å². The number of esters is 2. The normalized spacial score (nSPS) is 20.4. The summed E-state index contributed by atoms with van der Waals surface area (Å²) in [6.45, 7) is 3.71. The number of unbranched alkanes of at least 4 members (excludes halogenated alkanes) is 7. The molecule has 0 fully saturated rings. The maximum absolute atomic E-state index is 11.7. The van der Waals surface area contributed by atoms with Gasteiger partial charge in [0.25, 0.3) is 0 Å². The number of rotatable bonds is 12. The van der Waals surface area contributed by atoms with Gasteiger partial charge in [0.15, 0.2) is 0 Å². The van der Waals surface area contributed by atoms with Gasteiger partial charge in [-0.05, 0) is 26.7 Å². The molecule has 1 aliphatic heterocycles. The number of methoxy groups -OCH3 is 2. The molecule has 0 amide bonds. The van der Waals surface area contributed by atoms with E-state index in [0.717, 1.165) is 44.1 Å². The topological polar surface area (TPSA) is 61.8 Å². The minimum atomic E-state index is -0.838. The fourth-order valence-electron chi connectivity index (χ4n) is 3.07. The lowest BCUT2D eigenvalue weighted by atomic mass is 9.98. The van der Waals surface area contributed by atoms with Crippen LogP contribution in [0.3, 0.4) is 0 Å². The van der Waals surface area contributed by atoms with Crippen LogP contribution in [0.25, 0.3) is 0 Å². The molecule has 0 aromatic rings. The molecular weight excluding hydrogens is 308 g/mol. The third-order valence-electron chi connectivity index (χ3n) is 4.89. The highest BCUT2D eigenvalue weighted by Crippen LogP contribution is 2.37. The van der Waals surface area contributed by atoms with Crippen LogP contribution in [0.4, 0.5) is 0 Å². The molecule has 5 heteroatoms. The highest BCUT2D eigenvalue weighted by Gasteiger charge is 2.43. The Morgan fingerprint density at radius 2 is 1.50 bits per heavy atom. The van der Waals surface area contributed by atoms with Crippen LogP contribution in [0.1, 0.15) is 78.1 Å². The predicted octanol–water partition coefficient (Wildman–Crippen LogP) is 4.30. The SMILES string of the molecule is COC(=O)CCCCCCCCCCC1(OC)OC(=O)C(C)=C1C. The molecule has 1 heterocycles. The van der Waals surface area contributed by atoms with Gasteiger partial charge in [-0.3, -0.25) is 4.79 Å². The molecule has 0 aliphatic carbocycles. The van der Waals surface area contributed by atoms with Crippen molar-refractivity contribution in [2.24, 2.45) is 0 Å². The second-order valence-corrected chi connectivity index (χ2v) is 6.50. The molecular formula is C19H32O5. The summed E-state index contributed by atoms with van der Waals surface area (Å²) >= 11 is 0. The third-order valence-corrected chi connectivity index (χ3v) is 4.89. The van der Waals surface area contributed by atoms with E-state index < -0.39 is 5.79 Å². The van der Waals surface area contributed by atoms with E-state index in [1.807, 2.05) is 6.92 Å². The summed E-state index contributed by atoms with van der Waals surface area (Å²) in [5, 5.41) is 0. The minimum Gasteiger partial charge on any atom is -0.469 e. The Hall–Kier alpha value is -1.36. The number of cyclic esters (lactones) is 1. The Morgan fingerprint density at radius 3 is 1.96 bits per heavy atom. The molecule has 1 aliphatic rings. The van der Waals surface area contributed by atoms with Crippen molar-refractivity contribution in [2.75, 3.05) is 14.2 Å². The van der Waals surface area contributed by atoms with Crippen LogP contribution in [0, 0.1) is 0 Å². The maximum atomic E-state index is 11.7. The van der Waals surface area contributed by atoms with Gasteiger partial charge in [-0.1, -0.05) is 38.5 Å². The molecule has 138 valence electrons. The fourth-order valence-corrected chi connectivity index (χ4v) is 3.07. The second-order valence-electron chi connectivity index (χ2n) is 6.50. The van der Waals surface area contributed by atoms with Crippen molar-refractivity contribution >= 4 is 11.9 Å². The van der Waals surface area contributed by atoms with Gasteiger partial charge in [0.05, 0.1) is 7.11 Å². The zero-order valence-electron chi connectivity index (χ0n) is 15.6. The number of carbonyl (C=O) groups is 2. The molecule has 5 nitrogen and oxygen atoms in total. The van der Waals surface area contributed by atoms with Crippen molar-refractivity contribution in [3.63, 3.8) is 0 Å². The molecule has 0 aromatic carbocycles. The van der Waals surface area contributed by atoms with Gasteiger partial charge in [-0.15, -0.1) is 0 Å². The van der Waals surface area contributed by atoms with E-state index in [-0.39, 0.29) is 11.9 Å². The van der Waals surface area contributed by atoms with Crippen molar-refractivity contribution in [3.8, 4) is 0 Å². The summed E-state index contributed by atoms with van der Waals surface area (Å²) in [4.78, 5) is 22.7. The molecule has 0 N–H and O–H groups in total. The monoisotopic (exact) mass is 340 g/mol. The zero-order valence-corrected chi connectivity index (χ0v) is 15.6. The smallest absolute Gasteiger partial charge is 0.336 e. The van der Waals surface area contributed by atoms with Gasteiger partial charge in [-0.2, -0.15) is 0 Å². The van der Waals surface area contributed by atoms with Gasteiger partial charge in [0.2, 0.25) is 5.79 Å². The van der Waals surface area contributed by atoms with E-state index in [0.29, 0.717) is 12.0 Å². The lowest BCUT2D eigenvalue weighted by Crippen LogP contribution is -2.33. The lowest BCUT2D eigenvalue weighted by molar-refractivity contribution is -0.195. The lowest BCUT2D eigenvalue weighted by Gasteiger charge is -2.28. The Kier molecular flexibility index (Phi) is 9.04. The summed E-state index contributed by atoms with van der Waals surface area (Å²) in [6.07, 6.45) is 10.1. The quantitative estimate of drug-likeness (QED) is 0.391. The van der Waals surface area contributed by atoms with Crippen LogP contribution in [0.15, 0.2) is 11.1 Å². The Labute approximate surface area is 145 Å². The van der Waals surface area contributed by atoms with E-state index in [1.165, 1.54) is 26.4 Å². The van der Waals surface area contributed by atoms with Crippen molar-refractivity contribution < 1.29 is 23.8 Å². The van der Waals surface area contributed by atoms with Gasteiger partial charge in [0.1, 0.15) is 0 Å². The highest BCUT2D eigenvalue weighted by atomic mass is 16.7. The van der Waals surface area contributed by atoms with E-state index >= 15 is 0 Å². The Balaban J connectivity index is 2.08. The van der Waals surface area contributed by atoms with Gasteiger partial charge < -0.3 is 14.2 Å². The molecule has 0 saturated carbocycles. The van der Waals surface area contributed by atoms with Crippen LogP contribution in [-0.2, 0) is 23.8 Å². The van der Waals surface area contributed by atoms with Crippen molar-refractivity contribution in [1.82, 2.24) is 0 Å². The molecule has 1 rings (SSSR count). The fraction of sp³-hybridized carbons (Fsp3) is 0.789. The predicted molar refractivity (Wildman–Crippen MR) is 92.4 cm³/mol. The molecule has 0 saturated heterocycles. The Bertz CT molecular complexity index is 455. The highest BCUT2D eigenvalue weighted by molar-refractivity contribution is 5.92. The summed E-state index contributed by atoms with van der Waals surface area (Å²) < 4.78 is 15.6. The summed E-state index contributed by atoms with van der Waals surface area (Å²) in [6, 6.07) is 0. The Morgan fingerprint density at radius 1 is 0.958 bits per heavy atom. The molecule has 0 radical (unpaired) electrons. The molecule has 0 bridgehead atoms. The molecule has 24 heavy (non-hydrogen) atoms. The summed E-state index contributed by atoms with van der Waals surface area (Å²) in [5.74, 6) is -1.22. The maximum Gasteiger partial charge on any atom is 0.336 e. The van der Waals surface area contributed by atoms with E-state index in [9.17, 15) is 9.59 Å². The number of carbonyl (C=O) groups excluding carboxylic acids is 2. The van der Waals surface area contributed by atoms with E-state index in [1.54, 1.807) is 14.0 Å². The summed E-state index contributed by atoms with van der Waals surface area (Å²) in [5.41, 5.74) is 1.57. The van der Waals surface area contributed by atoms with Gasteiger partial charge >= 0.3 is 11.9 Å². The van der Waals surface area contributed by atoms with Crippen LogP contribution in [0.5, 0.6) is 0 Å². The van der Waals surface area contributed by atoms with Crippen LogP contribution in [-0.4, -0.2) is 31.9 Å². The average molecular weight is 340 g/mol. The van der Waals surface area contributed by atoms with Gasteiger partial charge in [0, 0.05) is 31.1 Å². The molecule has 0 aromatic heterocycles. The van der Waals surface area contributed by atoms with Crippen LogP contribution < -0.4 is 0 Å². The first-order chi connectivity index (χ1) is 11.5. The number of hydrogen-bond donors (Lipinski definition) is 0. The van der Waals surface area contributed by atoms with Crippen molar-refractivity contribution in [1.29, 1.82) is 0 Å². The van der Waals surface area contributed by atoms with Crippen LogP contribution >= 0.6 is 0 Å². The molecule has 1 atom stereocenters. The second kappa shape index (κ2) is 10.5. The largest absolute Gasteiger partial charge is 0.469 e. The third kappa shape index (κ3) is 5.93. The zero-order chi connectivity index (χ0) is 18.0. The minimum absolute atomic E-state index is 0.116. The molecule has 1 unspecified atom stereocenters. The van der Waals surface area contributed by atoms with Gasteiger partial charge in [-0.25, -0.2) is 4.79 Å². The van der Waals surface area contributed by atoms with Crippen molar-refractivity contribution in [3.05, 3.63) is 11.1 Å². The number of hydrogen-bond acceptors (Lipinski definition) is 5. The van der Waals surface area contributed by atoms with Crippen LogP contribution in [0.2, 0.25) is 0 Å². The van der Waals surface area contributed by atoms with E-state index in [2.05, 4.69) is 4.74 Å².